The lowest BCUT2D eigenvalue weighted by molar-refractivity contribution is -0.121. The van der Waals surface area contributed by atoms with Crippen molar-refractivity contribution in [2.45, 2.75) is 44.6 Å². The van der Waals surface area contributed by atoms with Crippen molar-refractivity contribution >= 4 is 27.8 Å². The zero-order valence-electron chi connectivity index (χ0n) is 21.9. The molecule has 1 fully saturated rings. The summed E-state index contributed by atoms with van der Waals surface area (Å²) in [5, 5.41) is 4.06. The summed E-state index contributed by atoms with van der Waals surface area (Å²) in [4.78, 5) is 31.8. The number of hydrogen-bond acceptors (Lipinski definition) is 7. The molecule has 2 aromatic heterocycles. The van der Waals surface area contributed by atoms with Crippen molar-refractivity contribution in [3.63, 3.8) is 0 Å². The first-order chi connectivity index (χ1) is 18.4. The summed E-state index contributed by atoms with van der Waals surface area (Å²) < 4.78 is 17.8. The van der Waals surface area contributed by atoms with Crippen LogP contribution in [0.15, 0.2) is 63.9 Å². The summed E-state index contributed by atoms with van der Waals surface area (Å²) in [6.45, 7) is 1.31. The molecule has 0 bridgehead atoms. The van der Waals surface area contributed by atoms with Crippen molar-refractivity contribution in [3.05, 3.63) is 70.6 Å². The second-order valence-electron chi connectivity index (χ2n) is 10.0. The number of aryl methyl sites for hydroxylation is 1. The number of carbonyl (C=O) groups is 1. The van der Waals surface area contributed by atoms with Crippen molar-refractivity contribution in [1.82, 2.24) is 15.2 Å². The van der Waals surface area contributed by atoms with Crippen LogP contribution in [0.25, 0.3) is 21.9 Å². The molecule has 198 valence electrons. The normalized spacial score (nSPS) is 13.9. The van der Waals surface area contributed by atoms with E-state index in [0.717, 1.165) is 25.1 Å². The maximum absolute atomic E-state index is 13.1. The SMILES string of the molecule is CN(C)CCOc1ccc2oc3cc(Oc4ccc(CCC(=O)NC5CCCC5)nc4)ccc3c(=O)c2c1. The number of ether oxygens (including phenoxy) is 2. The first kappa shape index (κ1) is 25.7. The molecule has 1 N–H and O–H groups in total. The number of amides is 1. The van der Waals surface area contributed by atoms with Gasteiger partial charge in [-0.3, -0.25) is 14.6 Å². The lowest BCUT2D eigenvalue weighted by Crippen LogP contribution is -2.32. The number of nitrogens with one attached hydrogen (secondary N) is 1. The summed E-state index contributed by atoms with van der Waals surface area (Å²) in [6.07, 6.45) is 7.20. The fourth-order valence-corrected chi connectivity index (χ4v) is 4.68. The first-order valence-corrected chi connectivity index (χ1v) is 13.1. The average Bonchev–Trinajstić information content (AvgIpc) is 3.41. The van der Waals surface area contributed by atoms with Crippen LogP contribution >= 0.6 is 0 Å². The van der Waals surface area contributed by atoms with E-state index < -0.39 is 0 Å². The van der Waals surface area contributed by atoms with Gasteiger partial charge in [0.05, 0.1) is 17.0 Å². The molecule has 2 heterocycles. The predicted molar refractivity (Wildman–Crippen MR) is 147 cm³/mol. The Bertz CT molecular complexity index is 1470. The number of likely N-dealkylation sites (N-methyl/N-ethyl adjacent to an activating group) is 1. The number of pyridine rings is 1. The molecule has 2 aromatic carbocycles. The third kappa shape index (κ3) is 6.31. The van der Waals surface area contributed by atoms with Gasteiger partial charge in [-0.1, -0.05) is 12.8 Å². The largest absolute Gasteiger partial charge is 0.492 e. The van der Waals surface area contributed by atoms with Gasteiger partial charge in [0, 0.05) is 30.8 Å². The van der Waals surface area contributed by atoms with Gasteiger partial charge in [-0.25, -0.2) is 0 Å². The molecule has 0 aliphatic heterocycles. The van der Waals surface area contributed by atoms with E-state index in [0.29, 0.717) is 64.7 Å². The van der Waals surface area contributed by atoms with E-state index in [1.165, 1.54) is 12.8 Å². The molecule has 8 heteroatoms. The van der Waals surface area contributed by atoms with Crippen LogP contribution in [0.5, 0.6) is 17.2 Å². The molecule has 0 saturated heterocycles. The van der Waals surface area contributed by atoms with E-state index in [4.69, 9.17) is 13.9 Å². The van der Waals surface area contributed by atoms with Gasteiger partial charge >= 0.3 is 0 Å². The smallest absolute Gasteiger partial charge is 0.220 e. The van der Waals surface area contributed by atoms with Crippen LogP contribution in [0.3, 0.4) is 0 Å². The second-order valence-corrected chi connectivity index (χ2v) is 10.0. The fourth-order valence-electron chi connectivity index (χ4n) is 4.68. The third-order valence-electron chi connectivity index (χ3n) is 6.78. The molecule has 1 amide bonds. The Labute approximate surface area is 221 Å². The molecule has 0 spiro atoms. The van der Waals surface area contributed by atoms with Gasteiger partial charge < -0.3 is 24.1 Å². The summed E-state index contributed by atoms with van der Waals surface area (Å²) in [6, 6.07) is 14.5. The number of nitrogens with zero attached hydrogens (tertiary/aromatic N) is 2. The third-order valence-corrected chi connectivity index (χ3v) is 6.78. The Morgan fingerprint density at radius 3 is 2.55 bits per heavy atom. The molecule has 1 saturated carbocycles. The summed E-state index contributed by atoms with van der Waals surface area (Å²) in [5.41, 5.74) is 1.65. The Morgan fingerprint density at radius 2 is 1.79 bits per heavy atom. The zero-order valence-corrected chi connectivity index (χ0v) is 21.9. The van der Waals surface area contributed by atoms with Crippen LogP contribution in [0.2, 0.25) is 0 Å². The number of carbonyl (C=O) groups excluding carboxylic acids is 1. The van der Waals surface area contributed by atoms with E-state index in [1.54, 1.807) is 42.6 Å². The molecule has 0 unspecified atom stereocenters. The Balaban J connectivity index is 1.24. The zero-order chi connectivity index (χ0) is 26.5. The topological polar surface area (TPSA) is 93.9 Å². The molecular formula is C30H33N3O5. The quantitative estimate of drug-likeness (QED) is 0.295. The van der Waals surface area contributed by atoms with Crippen molar-refractivity contribution < 1.29 is 18.7 Å². The standard InChI is InChI=1S/C30H33N3O5/c1-33(2)15-16-36-22-11-13-27-26(17-22)30(35)25-12-10-23(18-28(25)38-27)37-24-9-7-20(31-19-24)8-14-29(34)32-21-5-3-4-6-21/h7,9-13,17-19,21H,3-6,8,14-16H2,1-2H3,(H,32,34). The van der Waals surface area contributed by atoms with Gasteiger partial charge in [-0.2, -0.15) is 0 Å². The highest BCUT2D eigenvalue weighted by Gasteiger charge is 2.17. The Morgan fingerprint density at radius 1 is 1.00 bits per heavy atom. The Kier molecular flexibility index (Phi) is 7.89. The molecule has 1 aliphatic carbocycles. The van der Waals surface area contributed by atoms with Crippen LogP contribution in [-0.4, -0.2) is 49.1 Å². The Hall–Kier alpha value is -3.91. The van der Waals surface area contributed by atoms with Crippen LogP contribution in [0.1, 0.15) is 37.8 Å². The molecule has 0 radical (unpaired) electrons. The van der Waals surface area contributed by atoms with Crippen molar-refractivity contribution in [3.8, 4) is 17.2 Å². The monoisotopic (exact) mass is 515 g/mol. The van der Waals surface area contributed by atoms with Gasteiger partial charge in [0.1, 0.15) is 35.0 Å². The first-order valence-electron chi connectivity index (χ1n) is 13.1. The van der Waals surface area contributed by atoms with Crippen molar-refractivity contribution in [2.24, 2.45) is 0 Å². The molecule has 0 atom stereocenters. The van der Waals surface area contributed by atoms with Crippen molar-refractivity contribution in [1.29, 1.82) is 0 Å². The molecular weight excluding hydrogens is 482 g/mol. The number of fused-ring (bicyclic) bond motifs is 2. The predicted octanol–water partition coefficient (Wildman–Crippen LogP) is 5.07. The van der Waals surface area contributed by atoms with E-state index in [2.05, 4.69) is 10.3 Å². The number of benzene rings is 2. The minimum Gasteiger partial charge on any atom is -0.492 e. The highest BCUT2D eigenvalue weighted by molar-refractivity contribution is 5.90. The van der Waals surface area contributed by atoms with E-state index in [9.17, 15) is 9.59 Å². The molecule has 38 heavy (non-hydrogen) atoms. The second kappa shape index (κ2) is 11.6. The molecule has 5 rings (SSSR count). The van der Waals surface area contributed by atoms with Crippen LogP contribution in [0.4, 0.5) is 0 Å². The van der Waals surface area contributed by atoms with Gasteiger partial charge in [-0.15, -0.1) is 0 Å². The number of hydrogen-bond donors (Lipinski definition) is 1. The lowest BCUT2D eigenvalue weighted by atomic mass is 10.1. The van der Waals surface area contributed by atoms with Crippen LogP contribution < -0.4 is 20.2 Å². The van der Waals surface area contributed by atoms with Crippen LogP contribution in [0, 0.1) is 0 Å². The van der Waals surface area contributed by atoms with Gasteiger partial charge in [-0.05, 0) is 75.8 Å². The highest BCUT2D eigenvalue weighted by atomic mass is 16.5. The number of rotatable bonds is 10. The van der Waals surface area contributed by atoms with Gasteiger partial charge in [0.25, 0.3) is 0 Å². The number of aromatic nitrogens is 1. The molecule has 1 aliphatic rings. The van der Waals surface area contributed by atoms with Crippen molar-refractivity contribution in [2.75, 3.05) is 27.2 Å². The van der Waals surface area contributed by atoms with Crippen LogP contribution in [-0.2, 0) is 11.2 Å². The minimum absolute atomic E-state index is 0.0808. The highest BCUT2D eigenvalue weighted by Crippen LogP contribution is 2.28. The summed E-state index contributed by atoms with van der Waals surface area (Å²) >= 11 is 0. The van der Waals surface area contributed by atoms with E-state index in [1.807, 2.05) is 31.1 Å². The molecule has 4 aromatic rings. The van der Waals surface area contributed by atoms with Gasteiger partial charge in [0.2, 0.25) is 11.3 Å². The summed E-state index contributed by atoms with van der Waals surface area (Å²) in [5.74, 6) is 1.81. The fraction of sp³-hybridized carbons (Fsp3) is 0.367. The average molecular weight is 516 g/mol. The maximum atomic E-state index is 13.1. The summed E-state index contributed by atoms with van der Waals surface area (Å²) in [7, 11) is 3.96. The minimum atomic E-state index is -0.117. The van der Waals surface area contributed by atoms with Gasteiger partial charge in [0.15, 0.2) is 0 Å². The van der Waals surface area contributed by atoms with E-state index in [-0.39, 0.29) is 11.3 Å². The lowest BCUT2D eigenvalue weighted by Gasteiger charge is -2.12. The maximum Gasteiger partial charge on any atom is 0.220 e. The van der Waals surface area contributed by atoms with E-state index >= 15 is 0 Å². The molecule has 8 nitrogen and oxygen atoms in total.